The van der Waals surface area contributed by atoms with Gasteiger partial charge in [0, 0.05) is 20.0 Å². The molecule has 0 spiro atoms. The van der Waals surface area contributed by atoms with Crippen LogP contribution in [0, 0.1) is 17.3 Å². The molecule has 1 saturated heterocycles. The molecule has 4 unspecified atom stereocenters. The van der Waals surface area contributed by atoms with Gasteiger partial charge in [0.05, 0.1) is 24.9 Å². The van der Waals surface area contributed by atoms with Crippen molar-refractivity contribution in [2.24, 2.45) is 17.3 Å². The summed E-state index contributed by atoms with van der Waals surface area (Å²) in [7, 11) is -0.624. The van der Waals surface area contributed by atoms with E-state index < -0.39 is 27.3 Å². The zero-order chi connectivity index (χ0) is 19.7. The Bertz CT molecular complexity index is 674. The number of fused-ring (bicyclic) bond motifs is 2. The highest BCUT2D eigenvalue weighted by atomic mass is 32.2. The van der Waals surface area contributed by atoms with Crippen molar-refractivity contribution >= 4 is 27.9 Å². The molecule has 0 aromatic carbocycles. The van der Waals surface area contributed by atoms with Crippen LogP contribution in [0.5, 0.6) is 0 Å². The van der Waals surface area contributed by atoms with E-state index in [-0.39, 0.29) is 30.0 Å². The largest absolute Gasteiger partial charge is 0.469 e. The van der Waals surface area contributed by atoms with Gasteiger partial charge in [-0.25, -0.2) is 0 Å². The van der Waals surface area contributed by atoms with Crippen LogP contribution in [-0.2, 0) is 38.3 Å². The molecule has 3 aliphatic rings. The maximum Gasteiger partial charge on any atom is 0.314 e. The molecule has 1 heterocycles. The van der Waals surface area contributed by atoms with E-state index in [1.165, 1.54) is 13.5 Å². The molecule has 2 bridgehead atoms. The maximum atomic E-state index is 11.8. The molecule has 26 heavy (non-hydrogen) atoms. The van der Waals surface area contributed by atoms with Crippen LogP contribution in [0.15, 0.2) is 0 Å². The summed E-state index contributed by atoms with van der Waals surface area (Å²) >= 11 is 0. The standard InChI is InChI=1S/C11H18O3.C5H7NO5S/c1-11(10(12)14-3)8-5-4-7(6-8)9(11)13-2;1-12(9,10)11-6-4(7)2-3-5(6)8/h7-9H,4-6H2,1-3H3;2-3H2,1H3. The molecule has 3 rings (SSSR count). The monoisotopic (exact) mass is 391 g/mol. The fraction of sp³-hybridized carbons (Fsp3) is 0.812. The number of amides is 2. The summed E-state index contributed by atoms with van der Waals surface area (Å²) in [4.78, 5) is 33.3. The van der Waals surface area contributed by atoms with Crippen molar-refractivity contribution in [2.45, 2.75) is 45.1 Å². The summed E-state index contributed by atoms with van der Waals surface area (Å²) in [6.07, 6.45) is 4.33. The molecular weight excluding hydrogens is 366 g/mol. The van der Waals surface area contributed by atoms with Gasteiger partial charge in [0.25, 0.3) is 21.9 Å². The van der Waals surface area contributed by atoms with E-state index in [0.29, 0.717) is 11.8 Å². The maximum absolute atomic E-state index is 11.8. The van der Waals surface area contributed by atoms with E-state index in [9.17, 15) is 22.8 Å². The van der Waals surface area contributed by atoms with Gasteiger partial charge in [0.2, 0.25) is 0 Å². The van der Waals surface area contributed by atoms with Gasteiger partial charge >= 0.3 is 5.97 Å². The lowest BCUT2D eigenvalue weighted by Gasteiger charge is -2.37. The molecule has 0 aromatic heterocycles. The van der Waals surface area contributed by atoms with Gasteiger partial charge in [-0.2, -0.15) is 8.42 Å². The van der Waals surface area contributed by atoms with Gasteiger partial charge in [0.1, 0.15) is 0 Å². The molecule has 2 saturated carbocycles. The predicted molar refractivity (Wildman–Crippen MR) is 88.8 cm³/mol. The molecule has 0 N–H and O–H groups in total. The molecule has 3 fully saturated rings. The Hall–Kier alpha value is -1.52. The number of esters is 1. The van der Waals surface area contributed by atoms with E-state index in [0.717, 1.165) is 19.1 Å². The van der Waals surface area contributed by atoms with Gasteiger partial charge in [-0.3, -0.25) is 14.4 Å². The van der Waals surface area contributed by atoms with E-state index in [1.807, 2.05) is 6.92 Å². The Kier molecular flexibility index (Phi) is 6.09. The molecule has 4 atom stereocenters. The highest BCUT2D eigenvalue weighted by molar-refractivity contribution is 7.85. The number of hydrogen-bond acceptors (Lipinski definition) is 8. The summed E-state index contributed by atoms with van der Waals surface area (Å²) in [5.41, 5.74) is -0.396. The minimum absolute atomic E-state index is 0.00829. The molecule has 2 aliphatic carbocycles. The van der Waals surface area contributed by atoms with Crippen LogP contribution in [0.25, 0.3) is 0 Å². The van der Waals surface area contributed by atoms with Gasteiger partial charge in [0.15, 0.2) is 0 Å². The summed E-state index contributed by atoms with van der Waals surface area (Å²) in [5, 5.41) is 0.287. The number of rotatable bonds is 4. The van der Waals surface area contributed by atoms with Crippen molar-refractivity contribution in [3.63, 3.8) is 0 Å². The molecule has 0 radical (unpaired) electrons. The van der Waals surface area contributed by atoms with Crippen LogP contribution in [0.3, 0.4) is 0 Å². The highest BCUT2D eigenvalue weighted by Crippen LogP contribution is 2.57. The van der Waals surface area contributed by atoms with Crippen LogP contribution in [-0.4, -0.2) is 57.8 Å². The Morgan fingerprint density at radius 3 is 2.19 bits per heavy atom. The topological polar surface area (TPSA) is 116 Å². The SMILES string of the molecule is COC(=O)C1(C)C2CCC(C2)C1OC.CS(=O)(=O)ON1C(=O)CCC1=O. The van der Waals surface area contributed by atoms with E-state index in [2.05, 4.69) is 4.28 Å². The number of nitrogens with zero attached hydrogens (tertiary/aromatic N) is 1. The Morgan fingerprint density at radius 1 is 1.15 bits per heavy atom. The third-order valence-corrected chi connectivity index (χ3v) is 5.86. The zero-order valence-corrected chi connectivity index (χ0v) is 16.2. The van der Waals surface area contributed by atoms with Gasteiger partial charge in [-0.05, 0) is 38.0 Å². The minimum Gasteiger partial charge on any atom is -0.469 e. The van der Waals surface area contributed by atoms with Crippen LogP contribution < -0.4 is 0 Å². The molecule has 0 aromatic rings. The first kappa shape index (κ1) is 20.8. The average Bonchev–Trinajstić information content (AvgIpc) is 3.24. The Balaban J connectivity index is 0.000000190. The summed E-state index contributed by atoms with van der Waals surface area (Å²) in [6.45, 7) is 2.00. The van der Waals surface area contributed by atoms with Crippen molar-refractivity contribution in [3.8, 4) is 0 Å². The second-order valence-electron chi connectivity index (χ2n) is 7.06. The van der Waals surface area contributed by atoms with E-state index >= 15 is 0 Å². The first-order chi connectivity index (χ1) is 12.0. The fourth-order valence-corrected chi connectivity index (χ4v) is 4.71. The number of ether oxygens (including phenoxy) is 2. The number of hydrogen-bond donors (Lipinski definition) is 0. The van der Waals surface area contributed by atoms with Crippen molar-refractivity contribution in [1.29, 1.82) is 0 Å². The van der Waals surface area contributed by atoms with Gasteiger partial charge in [-0.1, -0.05) is 0 Å². The lowest BCUT2D eigenvalue weighted by atomic mass is 9.72. The summed E-state index contributed by atoms with van der Waals surface area (Å²) < 4.78 is 35.5. The molecule has 10 heteroatoms. The first-order valence-electron chi connectivity index (χ1n) is 8.41. The van der Waals surface area contributed by atoms with Crippen molar-refractivity contribution < 1.29 is 36.6 Å². The second-order valence-corrected chi connectivity index (χ2v) is 8.62. The fourth-order valence-electron chi connectivity index (χ4n) is 4.27. The van der Waals surface area contributed by atoms with Crippen LogP contribution in [0.4, 0.5) is 0 Å². The van der Waals surface area contributed by atoms with Crippen molar-refractivity contribution in [3.05, 3.63) is 0 Å². The Morgan fingerprint density at radius 2 is 1.73 bits per heavy atom. The lowest BCUT2D eigenvalue weighted by Crippen LogP contribution is -2.46. The summed E-state index contributed by atoms with van der Waals surface area (Å²) in [5.74, 6) is -0.314. The molecular formula is C16H25NO8S. The van der Waals surface area contributed by atoms with E-state index in [4.69, 9.17) is 9.47 Å². The predicted octanol–water partition coefficient (Wildman–Crippen LogP) is 0.637. The third kappa shape index (κ3) is 3.91. The number of methoxy groups -OCH3 is 2. The van der Waals surface area contributed by atoms with Crippen LogP contribution in [0.1, 0.15) is 39.0 Å². The van der Waals surface area contributed by atoms with Crippen molar-refractivity contribution in [1.82, 2.24) is 5.06 Å². The average molecular weight is 391 g/mol. The summed E-state index contributed by atoms with van der Waals surface area (Å²) in [6, 6.07) is 0. The number of carbonyl (C=O) groups is 3. The number of imide groups is 1. The quantitative estimate of drug-likeness (QED) is 0.506. The zero-order valence-electron chi connectivity index (χ0n) is 15.4. The minimum atomic E-state index is -3.79. The van der Waals surface area contributed by atoms with Gasteiger partial charge in [-0.15, -0.1) is 9.35 Å². The van der Waals surface area contributed by atoms with Crippen LogP contribution in [0.2, 0.25) is 0 Å². The molecule has 9 nitrogen and oxygen atoms in total. The van der Waals surface area contributed by atoms with Crippen LogP contribution >= 0.6 is 0 Å². The van der Waals surface area contributed by atoms with Crippen molar-refractivity contribution in [2.75, 3.05) is 20.5 Å². The molecule has 148 valence electrons. The molecule has 1 aliphatic heterocycles. The lowest BCUT2D eigenvalue weighted by molar-refractivity contribution is -0.165. The first-order valence-corrected chi connectivity index (χ1v) is 10.2. The van der Waals surface area contributed by atoms with E-state index in [1.54, 1.807) is 7.11 Å². The highest BCUT2D eigenvalue weighted by Gasteiger charge is 2.60. The number of carbonyl (C=O) groups excluding carboxylic acids is 3. The van der Waals surface area contributed by atoms with Gasteiger partial charge < -0.3 is 9.47 Å². The normalized spacial score (nSPS) is 33.2. The Labute approximate surface area is 153 Å². The second kappa shape index (κ2) is 7.61. The number of hydroxylamine groups is 2. The molecule has 2 amide bonds. The third-order valence-electron chi connectivity index (χ3n) is 5.44. The smallest absolute Gasteiger partial charge is 0.314 e.